The maximum Gasteiger partial charge on any atom is 0.326 e. The first-order chi connectivity index (χ1) is 15.7. The Bertz CT molecular complexity index is 1260. The molecule has 4 N–H and O–H groups in total. The number of hydrogen-bond donors (Lipinski definition) is 4. The maximum absolute atomic E-state index is 12.8. The zero-order valence-corrected chi connectivity index (χ0v) is 18.3. The number of aliphatic carboxylic acids is 2. The van der Waals surface area contributed by atoms with E-state index in [1.54, 1.807) is 37.4 Å². The number of anilines is 1. The van der Waals surface area contributed by atoms with Crippen LogP contribution in [-0.4, -0.2) is 51.1 Å². The largest absolute Gasteiger partial charge is 0.481 e. The number of carbonyl (C=O) groups excluding carboxylic acids is 1. The van der Waals surface area contributed by atoms with E-state index < -0.39 is 36.1 Å². The normalized spacial score (nSPS) is 11.8. The van der Waals surface area contributed by atoms with Gasteiger partial charge in [0.2, 0.25) is 0 Å². The highest BCUT2D eigenvalue weighted by atomic mass is 32.1. The van der Waals surface area contributed by atoms with Crippen LogP contribution in [0, 0.1) is 0 Å². The molecule has 1 aromatic carbocycles. The van der Waals surface area contributed by atoms with E-state index in [1.807, 2.05) is 4.90 Å². The Kier molecular flexibility index (Phi) is 7.38. The van der Waals surface area contributed by atoms with Gasteiger partial charge in [-0.3, -0.25) is 14.4 Å². The molecule has 2 aromatic heterocycles. The highest BCUT2D eigenvalue weighted by molar-refractivity contribution is 7.17. The summed E-state index contributed by atoms with van der Waals surface area (Å²) in [5, 5.41) is 21.3. The number of amides is 1. The van der Waals surface area contributed by atoms with Gasteiger partial charge in [0.05, 0.1) is 20.8 Å². The standard InChI is InChI=1S/C21H21FN4O6S/c1-26(10-11-2-3-13-12(8-11)19(29)25-16(9-22)23-13)17-6-5-15(33-17)20(30)24-14(21(31)32)4-7-18(27)28/h2-3,5-6,8,14H,4,7,9-10H2,1H3,(H,24,30)(H,27,28)(H,31,32)(H,23,25,29)/t14-/m0/s1. The van der Waals surface area contributed by atoms with Gasteiger partial charge in [0.25, 0.3) is 11.5 Å². The average molecular weight is 476 g/mol. The predicted octanol–water partition coefficient (Wildman–Crippen LogP) is 2.14. The van der Waals surface area contributed by atoms with Crippen molar-refractivity contribution in [2.24, 2.45) is 0 Å². The van der Waals surface area contributed by atoms with E-state index in [9.17, 15) is 28.7 Å². The lowest BCUT2D eigenvalue weighted by atomic mass is 10.1. The van der Waals surface area contributed by atoms with Crippen LogP contribution in [0.25, 0.3) is 10.9 Å². The van der Waals surface area contributed by atoms with E-state index in [1.165, 1.54) is 0 Å². The van der Waals surface area contributed by atoms with Crippen molar-refractivity contribution in [1.29, 1.82) is 0 Å². The zero-order chi connectivity index (χ0) is 24.1. The monoisotopic (exact) mass is 476 g/mol. The summed E-state index contributed by atoms with van der Waals surface area (Å²) < 4.78 is 12.8. The Balaban J connectivity index is 1.70. The Labute approximate surface area is 190 Å². The van der Waals surface area contributed by atoms with E-state index in [0.717, 1.165) is 21.9 Å². The molecule has 0 bridgehead atoms. The number of H-pyrrole nitrogens is 1. The molecule has 0 unspecified atom stereocenters. The lowest BCUT2D eigenvalue weighted by Crippen LogP contribution is -2.40. The van der Waals surface area contributed by atoms with Gasteiger partial charge in [-0.05, 0) is 36.2 Å². The SMILES string of the molecule is CN(Cc1ccc2nc(CF)[nH]c(=O)c2c1)c1ccc(C(=O)N[C@@H](CCC(=O)O)C(=O)O)s1. The topological polar surface area (TPSA) is 153 Å². The van der Waals surface area contributed by atoms with Crippen molar-refractivity contribution >= 4 is 45.1 Å². The van der Waals surface area contributed by atoms with Gasteiger partial charge in [0.1, 0.15) is 18.5 Å². The van der Waals surface area contributed by atoms with Gasteiger partial charge in [-0.2, -0.15) is 0 Å². The van der Waals surface area contributed by atoms with Crippen LogP contribution in [0.1, 0.15) is 33.9 Å². The third-order valence-electron chi connectivity index (χ3n) is 4.81. The van der Waals surface area contributed by atoms with Crippen LogP contribution in [0.15, 0.2) is 35.1 Å². The number of nitrogens with one attached hydrogen (secondary N) is 2. The van der Waals surface area contributed by atoms with Crippen LogP contribution in [0.2, 0.25) is 0 Å². The number of hydrogen-bond acceptors (Lipinski definition) is 7. The number of benzene rings is 1. The molecule has 12 heteroatoms. The summed E-state index contributed by atoms with van der Waals surface area (Å²) in [4.78, 5) is 55.1. The molecular weight excluding hydrogens is 455 g/mol. The van der Waals surface area contributed by atoms with E-state index in [0.29, 0.717) is 17.4 Å². The van der Waals surface area contributed by atoms with Gasteiger partial charge >= 0.3 is 11.9 Å². The summed E-state index contributed by atoms with van der Waals surface area (Å²) in [6.45, 7) is -0.463. The minimum absolute atomic E-state index is 0.0325. The van der Waals surface area contributed by atoms with Crippen LogP contribution < -0.4 is 15.8 Å². The number of rotatable bonds is 10. The number of aromatic amines is 1. The molecule has 3 aromatic rings. The number of thiophene rings is 1. The van der Waals surface area contributed by atoms with Crippen molar-refractivity contribution in [3.8, 4) is 0 Å². The molecule has 33 heavy (non-hydrogen) atoms. The first kappa shape index (κ1) is 23.9. The molecule has 0 radical (unpaired) electrons. The molecule has 3 rings (SSSR count). The van der Waals surface area contributed by atoms with Crippen molar-refractivity contribution in [3.63, 3.8) is 0 Å². The van der Waals surface area contributed by atoms with Crippen molar-refractivity contribution in [2.45, 2.75) is 32.1 Å². The van der Waals surface area contributed by atoms with Gasteiger partial charge < -0.3 is 25.4 Å². The summed E-state index contributed by atoms with van der Waals surface area (Å²) in [6.07, 6.45) is -0.605. The molecule has 0 fully saturated rings. The number of alkyl halides is 1. The Morgan fingerprint density at radius 3 is 2.67 bits per heavy atom. The number of carbonyl (C=O) groups is 3. The number of halogens is 1. The molecule has 0 spiro atoms. The van der Waals surface area contributed by atoms with E-state index in [2.05, 4.69) is 15.3 Å². The van der Waals surface area contributed by atoms with Gasteiger partial charge in [-0.15, -0.1) is 11.3 Å². The third-order valence-corrected chi connectivity index (χ3v) is 6.01. The molecule has 0 aliphatic carbocycles. The molecule has 174 valence electrons. The zero-order valence-electron chi connectivity index (χ0n) is 17.5. The van der Waals surface area contributed by atoms with Crippen LogP contribution >= 0.6 is 11.3 Å². The van der Waals surface area contributed by atoms with Crippen molar-refractivity contribution in [1.82, 2.24) is 15.3 Å². The molecular formula is C21H21FN4O6S. The first-order valence-corrected chi connectivity index (χ1v) is 10.6. The highest BCUT2D eigenvalue weighted by Crippen LogP contribution is 2.27. The highest BCUT2D eigenvalue weighted by Gasteiger charge is 2.22. The van der Waals surface area contributed by atoms with Crippen molar-refractivity contribution < 1.29 is 29.0 Å². The molecule has 1 atom stereocenters. The fraction of sp³-hybridized carbons (Fsp3) is 0.286. The smallest absolute Gasteiger partial charge is 0.326 e. The van der Waals surface area contributed by atoms with Crippen LogP contribution in [0.4, 0.5) is 9.39 Å². The van der Waals surface area contributed by atoms with Crippen LogP contribution in [0.3, 0.4) is 0 Å². The second-order valence-corrected chi connectivity index (χ2v) is 8.35. The molecule has 0 aliphatic rings. The fourth-order valence-electron chi connectivity index (χ4n) is 3.16. The van der Waals surface area contributed by atoms with Crippen LogP contribution in [-0.2, 0) is 22.8 Å². The van der Waals surface area contributed by atoms with E-state index in [4.69, 9.17) is 5.11 Å². The lowest BCUT2D eigenvalue weighted by Gasteiger charge is -2.17. The Morgan fingerprint density at radius 1 is 1.24 bits per heavy atom. The summed E-state index contributed by atoms with van der Waals surface area (Å²) in [7, 11) is 1.79. The quantitative estimate of drug-likeness (QED) is 0.347. The van der Waals surface area contributed by atoms with Gasteiger partial charge in [0.15, 0.2) is 0 Å². The first-order valence-electron chi connectivity index (χ1n) is 9.82. The third kappa shape index (κ3) is 5.92. The second kappa shape index (κ2) is 10.2. The predicted molar refractivity (Wildman–Crippen MR) is 119 cm³/mol. The number of carboxylic acid groups (broad SMARTS) is 2. The van der Waals surface area contributed by atoms with E-state index >= 15 is 0 Å². The molecule has 2 heterocycles. The molecule has 0 saturated carbocycles. The second-order valence-electron chi connectivity index (χ2n) is 7.29. The number of carboxylic acids is 2. The lowest BCUT2D eigenvalue weighted by molar-refractivity contribution is -0.140. The minimum Gasteiger partial charge on any atom is -0.481 e. The Hall–Kier alpha value is -3.80. The average Bonchev–Trinajstić information content (AvgIpc) is 3.27. The molecule has 10 nitrogen and oxygen atoms in total. The summed E-state index contributed by atoms with van der Waals surface area (Å²) in [5.74, 6) is -3.10. The van der Waals surface area contributed by atoms with E-state index in [-0.39, 0.29) is 23.5 Å². The van der Waals surface area contributed by atoms with Gasteiger partial charge in [-0.25, -0.2) is 14.2 Å². The number of aromatic nitrogens is 2. The fourth-order valence-corrected chi connectivity index (χ4v) is 4.03. The van der Waals surface area contributed by atoms with Crippen molar-refractivity contribution in [2.75, 3.05) is 11.9 Å². The minimum atomic E-state index is -1.31. The molecule has 1 amide bonds. The Morgan fingerprint density at radius 2 is 2.00 bits per heavy atom. The van der Waals surface area contributed by atoms with Crippen molar-refractivity contribution in [3.05, 3.63) is 57.0 Å². The summed E-state index contributed by atoms with van der Waals surface area (Å²) in [6, 6.07) is 7.03. The molecule has 0 aliphatic heterocycles. The number of fused-ring (bicyclic) bond motifs is 1. The summed E-state index contributed by atoms with van der Waals surface area (Å²) >= 11 is 1.14. The summed E-state index contributed by atoms with van der Waals surface area (Å²) in [5.41, 5.74) is 0.760. The van der Waals surface area contributed by atoms with Gasteiger partial charge in [0, 0.05) is 20.0 Å². The number of nitrogens with zero attached hydrogens (tertiary/aromatic N) is 2. The maximum atomic E-state index is 12.8. The van der Waals surface area contributed by atoms with Crippen LogP contribution in [0.5, 0.6) is 0 Å². The van der Waals surface area contributed by atoms with Gasteiger partial charge in [-0.1, -0.05) is 6.07 Å². The molecule has 0 saturated heterocycles.